The fourth-order valence-corrected chi connectivity index (χ4v) is 0.422. The molecule has 0 aromatic rings. The van der Waals surface area contributed by atoms with Crippen molar-refractivity contribution in [1.29, 1.82) is 0 Å². The molecule has 1 aliphatic rings. The van der Waals surface area contributed by atoms with Crippen LogP contribution in [0.1, 0.15) is 0 Å². The van der Waals surface area contributed by atoms with Crippen LogP contribution < -0.4 is 0 Å². The standard InChI is InChI=1S/C4H3F3NO2/c5-4(6,7)10-3-1-9-2-8-3/h1H,2H2. The van der Waals surface area contributed by atoms with Crippen LogP contribution in [0.4, 0.5) is 13.2 Å². The molecule has 10 heavy (non-hydrogen) atoms. The summed E-state index contributed by atoms with van der Waals surface area (Å²) in [6, 6.07) is 0. The van der Waals surface area contributed by atoms with Crippen LogP contribution in [0, 0.1) is 6.61 Å². The van der Waals surface area contributed by atoms with Gasteiger partial charge in [0.2, 0.25) is 5.90 Å². The fraction of sp³-hybridized carbons (Fsp3) is 0.500. The minimum Gasteiger partial charge on any atom is -0.389 e. The van der Waals surface area contributed by atoms with Gasteiger partial charge in [0.25, 0.3) is 0 Å². The predicted molar refractivity (Wildman–Crippen MR) is 24.8 cm³/mol. The Balaban J connectivity index is 2.38. The van der Waals surface area contributed by atoms with Crippen molar-refractivity contribution in [3.63, 3.8) is 0 Å². The summed E-state index contributed by atoms with van der Waals surface area (Å²) in [6.45, 7) is 0.707. The quantitative estimate of drug-likeness (QED) is 0.522. The lowest BCUT2D eigenvalue weighted by Gasteiger charge is -2.05. The van der Waals surface area contributed by atoms with Gasteiger partial charge in [-0.1, -0.05) is 0 Å². The Morgan fingerprint density at radius 3 is 2.70 bits per heavy atom. The van der Waals surface area contributed by atoms with E-state index in [0.29, 0.717) is 0 Å². The molecular weight excluding hydrogens is 151 g/mol. The van der Waals surface area contributed by atoms with Crippen LogP contribution >= 0.6 is 0 Å². The van der Waals surface area contributed by atoms with Crippen LogP contribution in [0.2, 0.25) is 0 Å². The van der Waals surface area contributed by atoms with Crippen molar-refractivity contribution >= 4 is 5.90 Å². The Hall–Kier alpha value is -0.780. The third-order valence-electron chi connectivity index (χ3n) is 0.699. The summed E-state index contributed by atoms with van der Waals surface area (Å²) in [6.07, 6.45) is -4.68. The Morgan fingerprint density at radius 2 is 2.30 bits per heavy atom. The van der Waals surface area contributed by atoms with E-state index in [1.165, 1.54) is 0 Å². The van der Waals surface area contributed by atoms with Gasteiger partial charge in [-0.3, -0.25) is 0 Å². The van der Waals surface area contributed by atoms with Crippen LogP contribution in [-0.2, 0) is 9.47 Å². The average molecular weight is 154 g/mol. The van der Waals surface area contributed by atoms with Gasteiger partial charge < -0.3 is 9.47 Å². The highest BCUT2D eigenvalue weighted by Crippen LogP contribution is 2.18. The van der Waals surface area contributed by atoms with Crippen molar-refractivity contribution in [3.05, 3.63) is 6.61 Å². The number of halogens is 3. The zero-order valence-electron chi connectivity index (χ0n) is 4.68. The summed E-state index contributed by atoms with van der Waals surface area (Å²) in [5.41, 5.74) is 0. The molecule has 0 saturated heterocycles. The highest BCUT2D eigenvalue weighted by Gasteiger charge is 2.33. The third-order valence-corrected chi connectivity index (χ3v) is 0.699. The van der Waals surface area contributed by atoms with Crippen molar-refractivity contribution in [1.82, 2.24) is 0 Å². The van der Waals surface area contributed by atoms with Gasteiger partial charge in [0.05, 0.1) is 0 Å². The van der Waals surface area contributed by atoms with Crippen LogP contribution in [-0.4, -0.2) is 19.0 Å². The molecule has 0 amide bonds. The molecule has 6 heteroatoms. The van der Waals surface area contributed by atoms with Crippen molar-refractivity contribution in [2.24, 2.45) is 4.99 Å². The van der Waals surface area contributed by atoms with Gasteiger partial charge in [-0.25, -0.2) is 4.99 Å². The molecule has 0 aromatic carbocycles. The summed E-state index contributed by atoms with van der Waals surface area (Å²) < 4.78 is 41.7. The minimum atomic E-state index is -4.68. The molecule has 1 aliphatic heterocycles. The van der Waals surface area contributed by atoms with Crippen LogP contribution in [0.15, 0.2) is 4.99 Å². The van der Waals surface area contributed by atoms with Crippen molar-refractivity contribution in [3.8, 4) is 0 Å². The number of hydrogen-bond acceptors (Lipinski definition) is 3. The van der Waals surface area contributed by atoms with Crippen molar-refractivity contribution < 1.29 is 22.6 Å². The fourth-order valence-electron chi connectivity index (χ4n) is 0.422. The number of ether oxygens (including phenoxy) is 2. The molecule has 0 atom stereocenters. The van der Waals surface area contributed by atoms with Gasteiger partial charge in [-0.05, 0) is 0 Å². The third kappa shape index (κ3) is 2.22. The van der Waals surface area contributed by atoms with E-state index in [4.69, 9.17) is 0 Å². The van der Waals surface area contributed by atoms with Crippen LogP contribution in [0.25, 0.3) is 0 Å². The van der Waals surface area contributed by atoms with Crippen LogP contribution in [0.3, 0.4) is 0 Å². The lowest BCUT2D eigenvalue weighted by molar-refractivity contribution is -0.283. The predicted octanol–water partition coefficient (Wildman–Crippen LogP) is 1.07. The molecule has 1 radical (unpaired) electrons. The second kappa shape index (κ2) is 2.45. The second-order valence-corrected chi connectivity index (χ2v) is 1.46. The summed E-state index contributed by atoms with van der Waals surface area (Å²) in [4.78, 5) is 3.22. The molecule has 0 aliphatic carbocycles. The Morgan fingerprint density at radius 1 is 1.60 bits per heavy atom. The van der Waals surface area contributed by atoms with Crippen molar-refractivity contribution in [2.45, 2.75) is 6.36 Å². The maximum absolute atomic E-state index is 11.3. The molecule has 1 rings (SSSR count). The molecule has 0 fully saturated rings. The maximum atomic E-state index is 11.3. The molecule has 0 aromatic heterocycles. The number of rotatable bonds is 0. The number of hydrogen-bond donors (Lipinski definition) is 0. The lowest BCUT2D eigenvalue weighted by atomic mass is 10.7. The average Bonchev–Trinajstić information content (AvgIpc) is 2.12. The summed E-state index contributed by atoms with van der Waals surface area (Å²) >= 11 is 0. The van der Waals surface area contributed by atoms with E-state index in [2.05, 4.69) is 14.5 Å². The normalized spacial score (nSPS) is 18.9. The highest BCUT2D eigenvalue weighted by atomic mass is 19.4. The van der Waals surface area contributed by atoms with Gasteiger partial charge in [0.15, 0.2) is 6.61 Å². The van der Waals surface area contributed by atoms with Gasteiger partial charge >= 0.3 is 6.36 Å². The first-order valence-electron chi connectivity index (χ1n) is 2.33. The van der Waals surface area contributed by atoms with Crippen LogP contribution in [0.5, 0.6) is 0 Å². The highest BCUT2D eigenvalue weighted by molar-refractivity contribution is 5.84. The minimum absolute atomic E-state index is 0.106. The lowest BCUT2D eigenvalue weighted by Crippen LogP contribution is -2.18. The molecule has 0 saturated carbocycles. The summed E-state index contributed by atoms with van der Waals surface area (Å²) in [5, 5.41) is 0. The molecule has 0 N–H and O–H groups in total. The summed E-state index contributed by atoms with van der Waals surface area (Å²) in [7, 11) is 0. The number of aliphatic imine (C=N–C) groups is 1. The van der Waals surface area contributed by atoms with E-state index < -0.39 is 12.3 Å². The monoisotopic (exact) mass is 154 g/mol. The Bertz CT molecular complexity index is 153. The summed E-state index contributed by atoms with van der Waals surface area (Å²) in [5.74, 6) is -0.535. The zero-order chi connectivity index (χ0) is 7.61. The number of alkyl halides is 3. The first kappa shape index (κ1) is 7.33. The molecule has 0 unspecified atom stereocenters. The maximum Gasteiger partial charge on any atom is 0.574 e. The topological polar surface area (TPSA) is 30.8 Å². The van der Waals surface area contributed by atoms with E-state index in [-0.39, 0.29) is 6.73 Å². The molecular formula is C4H3F3NO2. The van der Waals surface area contributed by atoms with Gasteiger partial charge in [-0.15, -0.1) is 13.2 Å². The van der Waals surface area contributed by atoms with E-state index >= 15 is 0 Å². The molecule has 3 nitrogen and oxygen atoms in total. The molecule has 57 valence electrons. The Kier molecular flexibility index (Phi) is 1.80. The first-order chi connectivity index (χ1) is 4.58. The second-order valence-electron chi connectivity index (χ2n) is 1.46. The first-order valence-corrected chi connectivity index (χ1v) is 2.33. The number of nitrogens with zero attached hydrogens (tertiary/aromatic N) is 1. The van der Waals surface area contributed by atoms with E-state index in [1.807, 2.05) is 0 Å². The SMILES string of the molecule is FC(F)(F)OC1=NCO[CH]1. The largest absolute Gasteiger partial charge is 0.574 e. The molecule has 0 bridgehead atoms. The van der Waals surface area contributed by atoms with Gasteiger partial charge in [0.1, 0.15) is 6.73 Å². The van der Waals surface area contributed by atoms with E-state index in [1.54, 1.807) is 0 Å². The van der Waals surface area contributed by atoms with E-state index in [0.717, 1.165) is 6.61 Å². The van der Waals surface area contributed by atoms with Crippen molar-refractivity contribution in [2.75, 3.05) is 6.73 Å². The molecule has 1 heterocycles. The smallest absolute Gasteiger partial charge is 0.389 e. The van der Waals surface area contributed by atoms with Gasteiger partial charge in [0, 0.05) is 0 Å². The van der Waals surface area contributed by atoms with Gasteiger partial charge in [-0.2, -0.15) is 0 Å². The van der Waals surface area contributed by atoms with E-state index in [9.17, 15) is 13.2 Å². The molecule has 0 spiro atoms. The zero-order valence-corrected chi connectivity index (χ0v) is 4.68. The Labute approximate surface area is 54.4 Å².